The van der Waals surface area contributed by atoms with E-state index in [1.54, 1.807) is 12.1 Å². The predicted molar refractivity (Wildman–Crippen MR) is 135 cm³/mol. The van der Waals surface area contributed by atoms with E-state index < -0.39 is 11.5 Å². The van der Waals surface area contributed by atoms with Crippen LogP contribution in [0.3, 0.4) is 0 Å². The van der Waals surface area contributed by atoms with Gasteiger partial charge < -0.3 is 25.5 Å². The van der Waals surface area contributed by atoms with Crippen molar-refractivity contribution < 1.29 is 14.7 Å². The number of piperazine rings is 1. The number of amides is 1. The highest BCUT2D eigenvalue weighted by molar-refractivity contribution is 5.89. The maximum atomic E-state index is 13.2. The smallest absolute Gasteiger partial charge is 0.335 e. The second-order valence-corrected chi connectivity index (χ2v) is 10.9. The Morgan fingerprint density at radius 1 is 1.09 bits per heavy atom. The van der Waals surface area contributed by atoms with Crippen molar-refractivity contribution in [2.45, 2.75) is 45.7 Å². The first-order chi connectivity index (χ1) is 16.0. The molecule has 0 radical (unpaired) electrons. The Kier molecular flexibility index (Phi) is 6.34. The zero-order valence-corrected chi connectivity index (χ0v) is 20.8. The van der Waals surface area contributed by atoms with Crippen LogP contribution in [-0.4, -0.2) is 65.5 Å². The van der Waals surface area contributed by atoms with Crippen LogP contribution in [0, 0.1) is 5.41 Å². The Hall–Kier alpha value is -3.06. The average Bonchev–Trinajstić information content (AvgIpc) is 2.77. The number of carboxylic acid groups (broad SMARTS) is 1. The summed E-state index contributed by atoms with van der Waals surface area (Å²) in [5.74, 6) is -0.791. The lowest BCUT2D eigenvalue weighted by atomic mass is 9.72. The first-order valence-corrected chi connectivity index (χ1v) is 12.0. The average molecular weight is 465 g/mol. The van der Waals surface area contributed by atoms with Crippen molar-refractivity contribution >= 4 is 23.3 Å². The number of nitrogens with one attached hydrogen (secondary N) is 2. The number of carboxylic acids is 1. The van der Waals surface area contributed by atoms with Gasteiger partial charge in [-0.15, -0.1) is 0 Å². The zero-order chi connectivity index (χ0) is 24.7. The van der Waals surface area contributed by atoms with Gasteiger partial charge >= 0.3 is 5.97 Å². The number of fused-ring (bicyclic) bond motifs is 1. The summed E-state index contributed by atoms with van der Waals surface area (Å²) < 4.78 is 0. The highest BCUT2D eigenvalue weighted by Crippen LogP contribution is 2.45. The molecule has 3 N–H and O–H groups in total. The van der Waals surface area contributed by atoms with E-state index in [-0.39, 0.29) is 17.4 Å². The molecule has 2 aliphatic rings. The van der Waals surface area contributed by atoms with E-state index in [1.807, 2.05) is 36.9 Å². The molecule has 7 heteroatoms. The summed E-state index contributed by atoms with van der Waals surface area (Å²) in [5.41, 5.74) is 3.50. The van der Waals surface area contributed by atoms with Gasteiger partial charge in [-0.2, -0.15) is 0 Å². The quantitative estimate of drug-likeness (QED) is 0.618. The Morgan fingerprint density at radius 3 is 2.47 bits per heavy atom. The summed E-state index contributed by atoms with van der Waals surface area (Å²) in [6, 6.07) is 13.6. The Morgan fingerprint density at radius 2 is 1.79 bits per heavy atom. The van der Waals surface area contributed by atoms with Gasteiger partial charge in [-0.1, -0.05) is 26.0 Å². The Balaban J connectivity index is 1.53. The number of nitrogens with zero attached hydrogens (tertiary/aromatic N) is 2. The van der Waals surface area contributed by atoms with E-state index in [0.29, 0.717) is 5.56 Å². The largest absolute Gasteiger partial charge is 0.478 e. The fourth-order valence-electron chi connectivity index (χ4n) is 5.11. The molecule has 0 spiro atoms. The molecule has 2 heterocycles. The van der Waals surface area contributed by atoms with E-state index in [9.17, 15) is 14.7 Å². The molecule has 2 aromatic rings. The summed E-state index contributed by atoms with van der Waals surface area (Å²) in [5, 5.41) is 16.5. The number of likely N-dealkylation sites (N-methyl/N-ethyl adjacent to an activating group) is 1. The van der Waals surface area contributed by atoms with Crippen LogP contribution in [0.4, 0.5) is 11.4 Å². The van der Waals surface area contributed by atoms with Gasteiger partial charge in [0, 0.05) is 37.6 Å². The first kappa shape index (κ1) is 24.1. The van der Waals surface area contributed by atoms with Gasteiger partial charge in [0.25, 0.3) is 0 Å². The van der Waals surface area contributed by atoms with Crippen LogP contribution in [0.1, 0.15) is 55.2 Å². The van der Waals surface area contributed by atoms with Crippen LogP contribution in [-0.2, 0) is 11.2 Å². The predicted octanol–water partition coefficient (Wildman–Crippen LogP) is 4.08. The van der Waals surface area contributed by atoms with Crippen molar-refractivity contribution in [2.75, 3.05) is 43.9 Å². The van der Waals surface area contributed by atoms with Crippen LogP contribution >= 0.6 is 0 Å². The highest BCUT2D eigenvalue weighted by Gasteiger charge is 2.37. The molecule has 0 saturated carbocycles. The van der Waals surface area contributed by atoms with Crippen molar-refractivity contribution in [3.05, 3.63) is 59.2 Å². The Labute approximate surface area is 202 Å². The van der Waals surface area contributed by atoms with Crippen molar-refractivity contribution in [3.63, 3.8) is 0 Å². The van der Waals surface area contributed by atoms with Crippen molar-refractivity contribution in [1.82, 2.24) is 9.80 Å². The Bertz CT molecular complexity index is 1090. The second-order valence-electron chi connectivity index (χ2n) is 10.9. The number of rotatable bonds is 5. The number of anilines is 2. The van der Waals surface area contributed by atoms with Gasteiger partial charge in [0.1, 0.15) is 5.54 Å². The van der Waals surface area contributed by atoms with Crippen LogP contribution in [0.2, 0.25) is 0 Å². The molecule has 0 aliphatic carbocycles. The number of aromatic carboxylic acids is 1. The molecule has 4 rings (SSSR count). The summed E-state index contributed by atoms with van der Waals surface area (Å²) in [7, 11) is 2.08. The number of carbonyl (C=O) groups excluding carboxylic acids is 1. The topological polar surface area (TPSA) is 84.9 Å². The number of hydrogen-bond donors (Lipinski definition) is 3. The molecule has 0 aromatic heterocycles. The number of hydrogen-bond acceptors (Lipinski definition) is 5. The van der Waals surface area contributed by atoms with Gasteiger partial charge in [0.2, 0.25) is 5.91 Å². The van der Waals surface area contributed by atoms with E-state index >= 15 is 0 Å². The molecular formula is C27H36N4O3. The summed E-state index contributed by atoms with van der Waals surface area (Å²) in [6.07, 6.45) is 0.770. The fourth-order valence-corrected chi connectivity index (χ4v) is 5.11. The van der Waals surface area contributed by atoms with E-state index in [0.717, 1.165) is 55.1 Å². The standard InChI is InChI=1S/C27H36N4O3/c1-26(2)17-20-15-19(24(32)33)9-10-22(20)28-23(26)18-7-6-8-21(16-18)29-27(3,4)25(34)31-13-11-30(5)12-14-31/h6-10,15-16,23,28-29H,11-14,17H2,1-5H3,(H,32,33). The molecule has 1 atom stereocenters. The van der Waals surface area contributed by atoms with Gasteiger partial charge in [-0.25, -0.2) is 4.79 Å². The minimum Gasteiger partial charge on any atom is -0.478 e. The molecular weight excluding hydrogens is 428 g/mol. The van der Waals surface area contributed by atoms with Crippen LogP contribution in [0.15, 0.2) is 42.5 Å². The van der Waals surface area contributed by atoms with Crippen LogP contribution in [0.5, 0.6) is 0 Å². The van der Waals surface area contributed by atoms with Crippen molar-refractivity contribution in [3.8, 4) is 0 Å². The van der Waals surface area contributed by atoms with Crippen molar-refractivity contribution in [1.29, 1.82) is 0 Å². The van der Waals surface area contributed by atoms with Crippen molar-refractivity contribution in [2.24, 2.45) is 5.41 Å². The first-order valence-electron chi connectivity index (χ1n) is 12.0. The van der Waals surface area contributed by atoms with E-state index in [2.05, 4.69) is 48.6 Å². The second kappa shape index (κ2) is 8.95. The third-order valence-electron chi connectivity index (χ3n) is 7.08. The van der Waals surface area contributed by atoms with Crippen LogP contribution < -0.4 is 10.6 Å². The minimum absolute atomic E-state index is 0.0499. The lowest BCUT2D eigenvalue weighted by Gasteiger charge is -2.42. The fraction of sp³-hybridized carbons (Fsp3) is 0.481. The van der Waals surface area contributed by atoms with Gasteiger partial charge in [-0.05, 0) is 74.2 Å². The normalized spacial score (nSPS) is 20.3. The lowest BCUT2D eigenvalue weighted by Crippen LogP contribution is -2.55. The molecule has 1 amide bonds. The molecule has 1 fully saturated rings. The molecule has 2 aliphatic heterocycles. The maximum absolute atomic E-state index is 13.2. The molecule has 182 valence electrons. The molecule has 34 heavy (non-hydrogen) atoms. The molecule has 1 saturated heterocycles. The zero-order valence-electron chi connectivity index (χ0n) is 20.8. The number of carbonyl (C=O) groups is 2. The third-order valence-corrected chi connectivity index (χ3v) is 7.08. The minimum atomic E-state index is -0.907. The van der Waals surface area contributed by atoms with E-state index in [1.165, 1.54) is 0 Å². The maximum Gasteiger partial charge on any atom is 0.335 e. The summed E-state index contributed by atoms with van der Waals surface area (Å²) >= 11 is 0. The molecule has 0 bridgehead atoms. The summed E-state index contributed by atoms with van der Waals surface area (Å²) in [4.78, 5) is 28.8. The third kappa shape index (κ3) is 4.89. The number of benzene rings is 2. The molecule has 2 aromatic carbocycles. The SMILES string of the molecule is CN1CCN(C(=O)C(C)(C)Nc2cccc(C3Nc4ccc(C(=O)O)cc4CC3(C)C)c2)CC1. The van der Waals surface area contributed by atoms with Gasteiger partial charge in [0.15, 0.2) is 0 Å². The molecule has 1 unspecified atom stereocenters. The van der Waals surface area contributed by atoms with Crippen LogP contribution in [0.25, 0.3) is 0 Å². The lowest BCUT2D eigenvalue weighted by molar-refractivity contribution is -0.136. The van der Waals surface area contributed by atoms with Gasteiger partial charge in [-0.3, -0.25) is 4.79 Å². The van der Waals surface area contributed by atoms with E-state index in [4.69, 9.17) is 0 Å². The van der Waals surface area contributed by atoms with Gasteiger partial charge in [0.05, 0.1) is 11.6 Å². The molecule has 7 nitrogen and oxygen atoms in total. The summed E-state index contributed by atoms with van der Waals surface area (Å²) in [6.45, 7) is 11.6. The monoisotopic (exact) mass is 464 g/mol. The highest BCUT2D eigenvalue weighted by atomic mass is 16.4.